The molecule has 1 aliphatic carbocycles. The predicted molar refractivity (Wildman–Crippen MR) is 156 cm³/mol. The first-order valence-corrected chi connectivity index (χ1v) is 14.5. The highest BCUT2D eigenvalue weighted by Gasteiger charge is 2.23. The molecule has 0 saturated heterocycles. The van der Waals surface area contributed by atoms with Crippen LogP contribution in [0.15, 0.2) is 36.4 Å². The van der Waals surface area contributed by atoms with Crippen LogP contribution >= 0.6 is 0 Å². The van der Waals surface area contributed by atoms with Crippen LogP contribution in [-0.2, 0) is 24.0 Å². The first-order chi connectivity index (χ1) is 18.0. The number of aryl methyl sites for hydroxylation is 2. The lowest BCUT2D eigenvalue weighted by molar-refractivity contribution is 0.101. The van der Waals surface area contributed by atoms with Gasteiger partial charge in [0.15, 0.2) is 5.78 Å². The summed E-state index contributed by atoms with van der Waals surface area (Å²) < 4.78 is 17.6. The number of hydrogen-bond acceptors (Lipinski definition) is 4. The summed E-state index contributed by atoms with van der Waals surface area (Å²) in [6.45, 7) is 15.2. The molecular formula is C33H52O4. The molecule has 0 bridgehead atoms. The van der Waals surface area contributed by atoms with Gasteiger partial charge in [0.05, 0.1) is 19.3 Å². The maximum atomic E-state index is 11.8. The van der Waals surface area contributed by atoms with Gasteiger partial charge in [0.2, 0.25) is 0 Å². The molecular weight excluding hydrogens is 460 g/mol. The summed E-state index contributed by atoms with van der Waals surface area (Å²) in [4.78, 5) is 11.8. The molecule has 0 heterocycles. The van der Waals surface area contributed by atoms with Crippen molar-refractivity contribution in [3.8, 4) is 11.5 Å². The van der Waals surface area contributed by atoms with E-state index in [9.17, 15) is 4.79 Å². The van der Waals surface area contributed by atoms with Gasteiger partial charge in [0.25, 0.3) is 0 Å². The lowest BCUT2D eigenvalue weighted by Gasteiger charge is -2.15. The smallest absolute Gasteiger partial charge is 0.159 e. The summed E-state index contributed by atoms with van der Waals surface area (Å²) in [7, 11) is 1.77. The molecule has 1 aliphatic rings. The Balaban J connectivity index is 0.00000163. The molecule has 2 aromatic rings. The molecule has 0 aromatic heterocycles. The molecule has 4 heteroatoms. The van der Waals surface area contributed by atoms with Gasteiger partial charge in [-0.25, -0.2) is 0 Å². The van der Waals surface area contributed by atoms with Crippen molar-refractivity contribution in [2.24, 2.45) is 5.92 Å². The normalized spacial score (nSPS) is 13.0. The van der Waals surface area contributed by atoms with Gasteiger partial charge in [-0.05, 0) is 99.2 Å². The lowest BCUT2D eigenvalue weighted by atomic mass is 10.0. The van der Waals surface area contributed by atoms with E-state index in [4.69, 9.17) is 14.2 Å². The van der Waals surface area contributed by atoms with Gasteiger partial charge in [0, 0.05) is 19.1 Å². The number of rotatable bonds is 15. The third kappa shape index (κ3) is 12.2. The zero-order valence-corrected chi connectivity index (χ0v) is 24.8. The molecule has 0 aliphatic heterocycles. The van der Waals surface area contributed by atoms with Crippen LogP contribution in [0, 0.1) is 5.92 Å². The molecule has 3 rings (SSSR count). The summed E-state index contributed by atoms with van der Waals surface area (Å²) in [6, 6.07) is 12.4. The maximum Gasteiger partial charge on any atom is 0.159 e. The van der Waals surface area contributed by atoms with Crippen LogP contribution in [0.25, 0.3) is 0 Å². The van der Waals surface area contributed by atoms with Crippen LogP contribution in [0.2, 0.25) is 0 Å². The second-order valence-corrected chi connectivity index (χ2v) is 9.35. The van der Waals surface area contributed by atoms with Crippen molar-refractivity contribution in [1.82, 2.24) is 0 Å². The van der Waals surface area contributed by atoms with E-state index in [2.05, 4.69) is 32.0 Å². The summed E-state index contributed by atoms with van der Waals surface area (Å²) >= 11 is 0. The van der Waals surface area contributed by atoms with Crippen LogP contribution < -0.4 is 9.47 Å². The van der Waals surface area contributed by atoms with Crippen LogP contribution in [0.1, 0.15) is 108 Å². The Bertz CT molecular complexity index is 901. The number of Topliss-reactive ketones (excluding diaryl/α,β-unsaturated/α-hetero) is 1. The number of benzene rings is 2. The number of ketones is 1. The molecule has 0 amide bonds. The van der Waals surface area contributed by atoms with Crippen molar-refractivity contribution < 1.29 is 19.0 Å². The van der Waals surface area contributed by atoms with Gasteiger partial charge in [-0.1, -0.05) is 53.2 Å². The van der Waals surface area contributed by atoms with E-state index in [-0.39, 0.29) is 11.9 Å². The molecule has 2 aromatic carbocycles. The Kier molecular flexibility index (Phi) is 16.7. The van der Waals surface area contributed by atoms with Crippen molar-refractivity contribution in [3.05, 3.63) is 58.7 Å². The standard InChI is InChI=1S/C29H40O4.2C2H6/c1-5-7-26-18-23(9-8-21(2)31-4)12-14-28(26)32-16-6-17-33-29-15-13-25(22(3)30)20-27(29)19-24-10-11-24;2*1-2/h12-15,18,20-21,24H,5-11,16-17,19H2,1-4H3;2*1-2H3. The minimum absolute atomic E-state index is 0.106. The van der Waals surface area contributed by atoms with Gasteiger partial charge < -0.3 is 14.2 Å². The summed E-state index contributed by atoms with van der Waals surface area (Å²) in [5, 5.41) is 0. The molecule has 0 N–H and O–H groups in total. The zero-order chi connectivity index (χ0) is 27.6. The average Bonchev–Trinajstić information content (AvgIpc) is 3.75. The summed E-state index contributed by atoms with van der Waals surface area (Å²) in [5.74, 6) is 2.75. The molecule has 1 unspecified atom stereocenters. The van der Waals surface area contributed by atoms with Crippen molar-refractivity contribution in [1.29, 1.82) is 0 Å². The summed E-state index contributed by atoms with van der Waals surface area (Å²) in [5.41, 5.74) is 4.56. The number of carbonyl (C=O) groups is 1. The molecule has 0 radical (unpaired) electrons. The number of ether oxygens (including phenoxy) is 3. The molecule has 1 atom stereocenters. The SMILES string of the molecule is CC.CC.CCCc1cc(CCC(C)OC)ccc1OCCCOc1ccc(C(C)=O)cc1CC1CC1. The number of hydrogen-bond donors (Lipinski definition) is 0. The Morgan fingerprint density at radius 3 is 2.11 bits per heavy atom. The second-order valence-electron chi connectivity index (χ2n) is 9.35. The highest BCUT2D eigenvalue weighted by molar-refractivity contribution is 5.94. The van der Waals surface area contributed by atoms with E-state index in [1.54, 1.807) is 14.0 Å². The van der Waals surface area contributed by atoms with E-state index >= 15 is 0 Å². The first kappa shape index (κ1) is 32.7. The van der Waals surface area contributed by atoms with E-state index in [1.807, 2.05) is 45.9 Å². The van der Waals surface area contributed by atoms with Crippen molar-refractivity contribution >= 4 is 5.78 Å². The largest absolute Gasteiger partial charge is 0.493 e. The Labute approximate surface area is 227 Å². The second kappa shape index (κ2) is 18.8. The quantitative estimate of drug-likeness (QED) is 0.177. The number of carbonyl (C=O) groups excluding carboxylic acids is 1. The van der Waals surface area contributed by atoms with Crippen molar-refractivity contribution in [2.45, 2.75) is 106 Å². The third-order valence-corrected chi connectivity index (χ3v) is 6.36. The fourth-order valence-corrected chi connectivity index (χ4v) is 4.04. The van der Waals surface area contributed by atoms with Crippen LogP contribution in [0.4, 0.5) is 0 Å². The topological polar surface area (TPSA) is 44.8 Å². The monoisotopic (exact) mass is 512 g/mol. The van der Waals surface area contributed by atoms with Crippen molar-refractivity contribution in [2.75, 3.05) is 20.3 Å². The fourth-order valence-electron chi connectivity index (χ4n) is 4.04. The first-order valence-electron chi connectivity index (χ1n) is 14.5. The fraction of sp³-hybridized carbons (Fsp3) is 0.606. The predicted octanol–water partition coefficient (Wildman–Crippen LogP) is 8.66. The van der Waals surface area contributed by atoms with Gasteiger partial charge in [-0.3, -0.25) is 4.79 Å². The molecule has 1 saturated carbocycles. The Morgan fingerprint density at radius 1 is 0.919 bits per heavy atom. The zero-order valence-electron chi connectivity index (χ0n) is 24.8. The van der Waals surface area contributed by atoms with Crippen molar-refractivity contribution in [3.63, 3.8) is 0 Å². The van der Waals surface area contributed by atoms with E-state index in [1.165, 1.54) is 24.0 Å². The van der Waals surface area contributed by atoms with E-state index in [0.29, 0.717) is 13.2 Å². The van der Waals surface area contributed by atoms with E-state index in [0.717, 1.165) is 67.1 Å². The molecule has 0 spiro atoms. The Hall–Kier alpha value is -2.33. The van der Waals surface area contributed by atoms with Crippen LogP contribution in [-0.4, -0.2) is 32.2 Å². The number of methoxy groups -OCH3 is 1. The highest BCUT2D eigenvalue weighted by atomic mass is 16.5. The summed E-state index contributed by atoms with van der Waals surface area (Å²) in [6.07, 6.45) is 8.81. The van der Waals surface area contributed by atoms with Gasteiger partial charge in [-0.15, -0.1) is 0 Å². The highest BCUT2D eigenvalue weighted by Crippen LogP contribution is 2.35. The van der Waals surface area contributed by atoms with Gasteiger partial charge in [0.1, 0.15) is 11.5 Å². The molecule has 37 heavy (non-hydrogen) atoms. The minimum atomic E-state index is 0.106. The van der Waals surface area contributed by atoms with Crippen LogP contribution in [0.5, 0.6) is 11.5 Å². The third-order valence-electron chi connectivity index (χ3n) is 6.36. The Morgan fingerprint density at radius 2 is 1.54 bits per heavy atom. The lowest BCUT2D eigenvalue weighted by Crippen LogP contribution is -2.08. The average molecular weight is 513 g/mol. The molecule has 1 fully saturated rings. The maximum absolute atomic E-state index is 11.8. The molecule has 4 nitrogen and oxygen atoms in total. The minimum Gasteiger partial charge on any atom is -0.493 e. The van der Waals surface area contributed by atoms with Gasteiger partial charge >= 0.3 is 0 Å². The van der Waals surface area contributed by atoms with Crippen LogP contribution in [0.3, 0.4) is 0 Å². The van der Waals surface area contributed by atoms with E-state index < -0.39 is 0 Å². The van der Waals surface area contributed by atoms with Gasteiger partial charge in [-0.2, -0.15) is 0 Å². The molecule has 208 valence electrons.